The summed E-state index contributed by atoms with van der Waals surface area (Å²) >= 11 is 0. The van der Waals surface area contributed by atoms with Crippen LogP contribution in [-0.4, -0.2) is 43.8 Å². The number of methoxy groups -OCH3 is 1. The summed E-state index contributed by atoms with van der Waals surface area (Å²) in [6, 6.07) is 0.820. The Balaban J connectivity index is 2.41. The Labute approximate surface area is 94.0 Å². The second-order valence-electron chi connectivity index (χ2n) is 4.77. The first kappa shape index (κ1) is 12.9. The summed E-state index contributed by atoms with van der Waals surface area (Å²) in [5.74, 6) is 0.704. The lowest BCUT2D eigenvalue weighted by molar-refractivity contribution is 0.0653. The molecule has 1 fully saturated rings. The van der Waals surface area contributed by atoms with Crippen LogP contribution in [0, 0.1) is 5.92 Å². The van der Waals surface area contributed by atoms with Gasteiger partial charge in [0.15, 0.2) is 0 Å². The van der Waals surface area contributed by atoms with Gasteiger partial charge in [0.05, 0.1) is 6.61 Å². The van der Waals surface area contributed by atoms with Gasteiger partial charge in [-0.15, -0.1) is 0 Å². The first-order chi connectivity index (χ1) is 7.19. The molecule has 0 radical (unpaired) electrons. The molecule has 1 aliphatic heterocycles. The topological polar surface area (TPSA) is 38.5 Å². The number of rotatable bonds is 5. The highest BCUT2D eigenvalue weighted by atomic mass is 16.5. The van der Waals surface area contributed by atoms with Crippen LogP contribution in [0.1, 0.15) is 33.1 Å². The molecule has 1 saturated heterocycles. The third-order valence-corrected chi connectivity index (χ3v) is 3.62. The number of nitrogens with two attached hydrogens (primary N) is 1. The van der Waals surface area contributed by atoms with Crippen molar-refractivity contribution in [3.05, 3.63) is 0 Å². The molecule has 3 heteroatoms. The number of ether oxygens (including phenoxy) is 1. The first-order valence-corrected chi connectivity index (χ1v) is 6.17. The maximum Gasteiger partial charge on any atom is 0.0502 e. The third-order valence-electron chi connectivity index (χ3n) is 3.62. The number of hydrogen-bond acceptors (Lipinski definition) is 3. The molecule has 3 nitrogen and oxygen atoms in total. The molecule has 0 aromatic carbocycles. The summed E-state index contributed by atoms with van der Waals surface area (Å²) in [5.41, 5.74) is 6.09. The standard InChI is InChI=1S/C12H26N2O/c1-4-12(13)10(2)14-7-5-6-11(8-14)9-15-3/h10-12H,4-9,13H2,1-3H3. The Bertz CT molecular complexity index is 173. The molecule has 0 spiro atoms. The van der Waals surface area contributed by atoms with E-state index in [1.165, 1.54) is 19.4 Å². The molecule has 2 N–H and O–H groups in total. The fourth-order valence-corrected chi connectivity index (χ4v) is 2.45. The van der Waals surface area contributed by atoms with Gasteiger partial charge in [-0.25, -0.2) is 0 Å². The Morgan fingerprint density at radius 3 is 2.87 bits per heavy atom. The molecule has 0 aromatic rings. The maximum absolute atomic E-state index is 6.09. The molecule has 0 saturated carbocycles. The van der Waals surface area contributed by atoms with Crippen molar-refractivity contribution in [3.8, 4) is 0 Å². The van der Waals surface area contributed by atoms with Crippen molar-refractivity contribution < 1.29 is 4.74 Å². The molecule has 0 amide bonds. The van der Waals surface area contributed by atoms with Crippen LogP contribution in [0.5, 0.6) is 0 Å². The fraction of sp³-hybridized carbons (Fsp3) is 1.00. The quantitative estimate of drug-likeness (QED) is 0.753. The number of likely N-dealkylation sites (tertiary alicyclic amines) is 1. The van der Waals surface area contributed by atoms with Crippen molar-refractivity contribution in [2.45, 2.75) is 45.2 Å². The van der Waals surface area contributed by atoms with Crippen LogP contribution in [0.25, 0.3) is 0 Å². The molecule has 0 aromatic heterocycles. The van der Waals surface area contributed by atoms with E-state index in [1.807, 2.05) is 0 Å². The summed E-state index contributed by atoms with van der Waals surface area (Å²) in [6.45, 7) is 7.67. The van der Waals surface area contributed by atoms with Crippen molar-refractivity contribution in [1.82, 2.24) is 4.90 Å². The van der Waals surface area contributed by atoms with E-state index in [4.69, 9.17) is 10.5 Å². The average molecular weight is 214 g/mol. The van der Waals surface area contributed by atoms with Gasteiger partial charge in [0.1, 0.15) is 0 Å². The minimum Gasteiger partial charge on any atom is -0.384 e. The van der Waals surface area contributed by atoms with Crippen molar-refractivity contribution in [2.24, 2.45) is 11.7 Å². The van der Waals surface area contributed by atoms with Gasteiger partial charge in [0.25, 0.3) is 0 Å². The minimum atomic E-state index is 0.311. The predicted octanol–water partition coefficient (Wildman–Crippen LogP) is 1.47. The van der Waals surface area contributed by atoms with Crippen molar-refractivity contribution in [3.63, 3.8) is 0 Å². The van der Waals surface area contributed by atoms with Gasteiger partial charge in [-0.05, 0) is 38.6 Å². The van der Waals surface area contributed by atoms with Gasteiger partial charge in [0, 0.05) is 25.7 Å². The van der Waals surface area contributed by atoms with Crippen LogP contribution in [0.15, 0.2) is 0 Å². The summed E-state index contributed by atoms with van der Waals surface area (Å²) in [5, 5.41) is 0. The van der Waals surface area contributed by atoms with Gasteiger partial charge in [0.2, 0.25) is 0 Å². The van der Waals surface area contributed by atoms with E-state index in [0.717, 1.165) is 19.6 Å². The SMILES string of the molecule is CCC(N)C(C)N1CCCC(COC)C1. The van der Waals surface area contributed by atoms with E-state index >= 15 is 0 Å². The number of hydrogen-bond donors (Lipinski definition) is 1. The van der Waals surface area contributed by atoms with Crippen LogP contribution in [0.4, 0.5) is 0 Å². The van der Waals surface area contributed by atoms with E-state index < -0.39 is 0 Å². The lowest BCUT2D eigenvalue weighted by Crippen LogP contribution is -2.50. The molecular weight excluding hydrogens is 188 g/mol. The molecule has 15 heavy (non-hydrogen) atoms. The molecule has 1 aliphatic rings. The zero-order valence-corrected chi connectivity index (χ0v) is 10.4. The average Bonchev–Trinajstić information content (AvgIpc) is 2.28. The van der Waals surface area contributed by atoms with E-state index in [0.29, 0.717) is 18.0 Å². The van der Waals surface area contributed by atoms with Gasteiger partial charge in [-0.3, -0.25) is 4.90 Å². The highest BCUT2D eigenvalue weighted by molar-refractivity contribution is 4.82. The monoisotopic (exact) mass is 214 g/mol. The van der Waals surface area contributed by atoms with Crippen LogP contribution >= 0.6 is 0 Å². The van der Waals surface area contributed by atoms with Crippen LogP contribution in [0.2, 0.25) is 0 Å². The molecule has 3 unspecified atom stereocenters. The van der Waals surface area contributed by atoms with Crippen LogP contribution in [0.3, 0.4) is 0 Å². The van der Waals surface area contributed by atoms with Crippen LogP contribution in [-0.2, 0) is 4.74 Å². The van der Waals surface area contributed by atoms with Crippen molar-refractivity contribution in [1.29, 1.82) is 0 Å². The van der Waals surface area contributed by atoms with E-state index in [9.17, 15) is 0 Å². The molecular formula is C12H26N2O. The number of piperidine rings is 1. The van der Waals surface area contributed by atoms with E-state index in [2.05, 4.69) is 18.7 Å². The second kappa shape index (κ2) is 6.46. The lowest BCUT2D eigenvalue weighted by atomic mass is 9.95. The molecule has 0 aliphatic carbocycles. The van der Waals surface area contributed by atoms with Gasteiger partial charge >= 0.3 is 0 Å². The van der Waals surface area contributed by atoms with Crippen LogP contribution < -0.4 is 5.73 Å². The van der Waals surface area contributed by atoms with Gasteiger partial charge in [-0.2, -0.15) is 0 Å². The predicted molar refractivity (Wildman–Crippen MR) is 63.9 cm³/mol. The largest absolute Gasteiger partial charge is 0.384 e. The van der Waals surface area contributed by atoms with E-state index in [1.54, 1.807) is 7.11 Å². The highest BCUT2D eigenvalue weighted by Crippen LogP contribution is 2.19. The lowest BCUT2D eigenvalue weighted by Gasteiger charge is -2.38. The van der Waals surface area contributed by atoms with Crippen molar-refractivity contribution in [2.75, 3.05) is 26.8 Å². The molecule has 90 valence electrons. The second-order valence-corrected chi connectivity index (χ2v) is 4.77. The Morgan fingerprint density at radius 1 is 1.53 bits per heavy atom. The summed E-state index contributed by atoms with van der Waals surface area (Å²) < 4.78 is 5.24. The zero-order chi connectivity index (χ0) is 11.3. The molecule has 0 bridgehead atoms. The normalized spacial score (nSPS) is 27.6. The number of nitrogens with zero attached hydrogens (tertiary/aromatic N) is 1. The maximum atomic E-state index is 6.09. The summed E-state index contributed by atoms with van der Waals surface area (Å²) in [7, 11) is 1.79. The highest BCUT2D eigenvalue weighted by Gasteiger charge is 2.25. The molecule has 3 atom stereocenters. The molecule has 1 heterocycles. The molecule has 1 rings (SSSR count). The Kier molecular flexibility index (Phi) is 5.58. The zero-order valence-electron chi connectivity index (χ0n) is 10.4. The van der Waals surface area contributed by atoms with Gasteiger partial charge < -0.3 is 10.5 Å². The Morgan fingerprint density at radius 2 is 2.27 bits per heavy atom. The van der Waals surface area contributed by atoms with Crippen molar-refractivity contribution >= 4 is 0 Å². The smallest absolute Gasteiger partial charge is 0.0502 e. The van der Waals surface area contributed by atoms with E-state index in [-0.39, 0.29) is 0 Å². The third kappa shape index (κ3) is 3.74. The first-order valence-electron chi connectivity index (χ1n) is 6.17. The fourth-order valence-electron chi connectivity index (χ4n) is 2.45. The minimum absolute atomic E-state index is 0.311. The summed E-state index contributed by atoms with van der Waals surface area (Å²) in [4.78, 5) is 2.53. The van der Waals surface area contributed by atoms with Gasteiger partial charge in [-0.1, -0.05) is 6.92 Å². The Hall–Kier alpha value is -0.120. The summed E-state index contributed by atoms with van der Waals surface area (Å²) in [6.07, 6.45) is 3.65.